The summed E-state index contributed by atoms with van der Waals surface area (Å²) in [6.07, 6.45) is 3.70. The van der Waals surface area contributed by atoms with Crippen LogP contribution in [0.1, 0.15) is 18.5 Å². The van der Waals surface area contributed by atoms with E-state index in [0.29, 0.717) is 29.7 Å². The van der Waals surface area contributed by atoms with Crippen LogP contribution in [0.3, 0.4) is 0 Å². The Morgan fingerprint density at radius 2 is 2.22 bits per heavy atom. The molecule has 0 bridgehead atoms. The lowest BCUT2D eigenvalue weighted by molar-refractivity contribution is 0.158. The molecule has 0 saturated carbocycles. The van der Waals surface area contributed by atoms with Crippen LogP contribution < -0.4 is 0 Å². The van der Waals surface area contributed by atoms with Crippen molar-refractivity contribution in [3.8, 4) is 0 Å². The predicted molar refractivity (Wildman–Crippen MR) is 66.7 cm³/mol. The molecule has 2 saturated heterocycles. The van der Waals surface area contributed by atoms with Crippen molar-refractivity contribution < 1.29 is 8.42 Å². The monoisotopic (exact) mass is 270 g/mol. The average Bonchev–Trinajstić information content (AvgIpc) is 2.95. The number of rotatable bonds is 2. The van der Waals surface area contributed by atoms with Crippen molar-refractivity contribution in [2.75, 3.05) is 26.2 Å². The first kappa shape index (κ1) is 12.1. The Hall–Kier alpha value is -0.920. The van der Waals surface area contributed by atoms with E-state index in [2.05, 4.69) is 15.1 Å². The number of sulfonamides is 1. The van der Waals surface area contributed by atoms with Gasteiger partial charge in [-0.05, 0) is 26.3 Å². The topological polar surface area (TPSA) is 69.3 Å². The number of aromatic amines is 1. The molecule has 0 amide bonds. The Kier molecular flexibility index (Phi) is 2.91. The van der Waals surface area contributed by atoms with Crippen LogP contribution in [0.4, 0.5) is 0 Å². The number of hydrogen-bond donors (Lipinski definition) is 1. The molecule has 0 spiro atoms. The van der Waals surface area contributed by atoms with E-state index in [-0.39, 0.29) is 0 Å². The highest BCUT2D eigenvalue weighted by atomic mass is 32.2. The van der Waals surface area contributed by atoms with E-state index in [1.165, 1.54) is 12.6 Å². The van der Waals surface area contributed by atoms with Crippen LogP contribution in [-0.2, 0) is 10.0 Å². The van der Waals surface area contributed by atoms with Gasteiger partial charge in [-0.3, -0.25) is 10.00 Å². The maximum absolute atomic E-state index is 12.5. The molecule has 1 aromatic heterocycles. The summed E-state index contributed by atoms with van der Waals surface area (Å²) in [4.78, 5) is 2.71. The smallest absolute Gasteiger partial charge is 0.246 e. The molecule has 6 nitrogen and oxygen atoms in total. The lowest BCUT2D eigenvalue weighted by Crippen LogP contribution is -2.51. The average molecular weight is 270 g/mol. The molecule has 18 heavy (non-hydrogen) atoms. The number of nitrogens with zero attached hydrogens (tertiary/aromatic N) is 3. The lowest BCUT2D eigenvalue weighted by Gasteiger charge is -2.36. The second kappa shape index (κ2) is 4.32. The molecule has 0 aliphatic carbocycles. The van der Waals surface area contributed by atoms with E-state index < -0.39 is 10.0 Å². The highest BCUT2D eigenvalue weighted by Crippen LogP contribution is 2.26. The Morgan fingerprint density at radius 3 is 2.94 bits per heavy atom. The zero-order chi connectivity index (χ0) is 12.8. The molecule has 2 aliphatic heterocycles. The predicted octanol–water partition coefficient (Wildman–Crippen LogP) is 0.187. The highest BCUT2D eigenvalue weighted by molar-refractivity contribution is 7.89. The third-order valence-electron chi connectivity index (χ3n) is 3.95. The summed E-state index contributed by atoms with van der Waals surface area (Å²) in [7, 11) is -3.38. The van der Waals surface area contributed by atoms with E-state index in [0.717, 1.165) is 19.5 Å². The fraction of sp³-hybridized carbons (Fsp3) is 0.727. The number of aromatic nitrogens is 2. The second-order valence-electron chi connectivity index (χ2n) is 5.05. The van der Waals surface area contributed by atoms with Gasteiger partial charge in [0.05, 0.1) is 11.9 Å². The summed E-state index contributed by atoms with van der Waals surface area (Å²) < 4.78 is 26.6. The van der Waals surface area contributed by atoms with Crippen molar-refractivity contribution in [2.45, 2.75) is 30.7 Å². The first-order valence-electron chi connectivity index (χ1n) is 6.33. The standard InChI is InChI=1S/C11H18N4O2S/c1-9-11(7-12-13-9)18(16,17)15-6-5-14-4-2-3-10(14)8-15/h7,10H,2-6,8H2,1H3,(H,12,13)/t10-/m0/s1. The molecule has 0 radical (unpaired) electrons. The zero-order valence-electron chi connectivity index (χ0n) is 10.5. The molecule has 1 atom stereocenters. The number of fused-ring (bicyclic) bond motifs is 1. The normalized spacial score (nSPS) is 26.4. The second-order valence-corrected chi connectivity index (χ2v) is 6.96. The van der Waals surface area contributed by atoms with Crippen LogP contribution in [0, 0.1) is 6.92 Å². The van der Waals surface area contributed by atoms with Gasteiger partial charge >= 0.3 is 0 Å². The van der Waals surface area contributed by atoms with Crippen molar-refractivity contribution in [3.63, 3.8) is 0 Å². The molecule has 3 rings (SSSR count). The first-order valence-corrected chi connectivity index (χ1v) is 7.77. The van der Waals surface area contributed by atoms with Crippen molar-refractivity contribution in [1.29, 1.82) is 0 Å². The highest BCUT2D eigenvalue weighted by Gasteiger charge is 2.37. The van der Waals surface area contributed by atoms with Gasteiger partial charge in [-0.2, -0.15) is 9.40 Å². The van der Waals surface area contributed by atoms with Gasteiger partial charge < -0.3 is 0 Å². The minimum absolute atomic E-state index is 0.314. The maximum atomic E-state index is 12.5. The molecule has 0 aromatic carbocycles. The molecule has 0 unspecified atom stereocenters. The molecule has 100 valence electrons. The quantitative estimate of drug-likeness (QED) is 0.833. The van der Waals surface area contributed by atoms with Gasteiger partial charge in [0, 0.05) is 25.7 Å². The van der Waals surface area contributed by atoms with E-state index in [1.807, 2.05) is 0 Å². The Bertz CT molecular complexity index is 539. The molecule has 7 heteroatoms. The summed E-state index contributed by atoms with van der Waals surface area (Å²) in [6.45, 7) is 4.91. The number of hydrogen-bond acceptors (Lipinski definition) is 4. The van der Waals surface area contributed by atoms with Gasteiger partial charge in [0.25, 0.3) is 0 Å². The van der Waals surface area contributed by atoms with Gasteiger partial charge in [0.15, 0.2) is 0 Å². The van der Waals surface area contributed by atoms with Gasteiger partial charge in [-0.1, -0.05) is 0 Å². The molecular weight excluding hydrogens is 252 g/mol. The zero-order valence-corrected chi connectivity index (χ0v) is 11.3. The maximum Gasteiger partial charge on any atom is 0.246 e. The van der Waals surface area contributed by atoms with Crippen molar-refractivity contribution in [1.82, 2.24) is 19.4 Å². The number of aryl methyl sites for hydroxylation is 1. The Morgan fingerprint density at radius 1 is 1.39 bits per heavy atom. The van der Waals surface area contributed by atoms with Crippen molar-refractivity contribution in [2.24, 2.45) is 0 Å². The molecular formula is C11H18N4O2S. The fourth-order valence-corrected chi connectivity index (χ4v) is 4.51. The molecule has 2 aliphatic rings. The number of piperazine rings is 1. The summed E-state index contributed by atoms with van der Waals surface area (Å²) in [5, 5.41) is 6.50. The SMILES string of the molecule is Cc1[nH]ncc1S(=O)(=O)N1CCN2CCC[C@H]2C1. The minimum atomic E-state index is -3.38. The van der Waals surface area contributed by atoms with Gasteiger partial charge in [0.2, 0.25) is 10.0 Å². The van der Waals surface area contributed by atoms with Gasteiger partial charge in [-0.15, -0.1) is 0 Å². The van der Waals surface area contributed by atoms with E-state index in [1.54, 1.807) is 11.2 Å². The van der Waals surface area contributed by atoms with Gasteiger partial charge in [0.1, 0.15) is 4.90 Å². The first-order chi connectivity index (χ1) is 8.59. The molecule has 2 fully saturated rings. The van der Waals surface area contributed by atoms with Gasteiger partial charge in [-0.25, -0.2) is 8.42 Å². The van der Waals surface area contributed by atoms with E-state index in [4.69, 9.17) is 0 Å². The molecule has 1 aromatic rings. The van der Waals surface area contributed by atoms with Crippen LogP contribution in [0.2, 0.25) is 0 Å². The fourth-order valence-electron chi connectivity index (χ4n) is 2.92. The van der Waals surface area contributed by atoms with Crippen molar-refractivity contribution >= 4 is 10.0 Å². The lowest BCUT2D eigenvalue weighted by atomic mass is 10.2. The number of H-pyrrole nitrogens is 1. The Balaban J connectivity index is 1.85. The largest absolute Gasteiger partial charge is 0.298 e. The Labute approximate surface area is 107 Å². The number of nitrogens with one attached hydrogen (secondary N) is 1. The molecule has 3 heterocycles. The van der Waals surface area contributed by atoms with Crippen LogP contribution >= 0.6 is 0 Å². The van der Waals surface area contributed by atoms with Crippen LogP contribution in [0.25, 0.3) is 0 Å². The van der Waals surface area contributed by atoms with Crippen LogP contribution in [0.5, 0.6) is 0 Å². The van der Waals surface area contributed by atoms with Crippen molar-refractivity contribution in [3.05, 3.63) is 11.9 Å². The summed E-state index contributed by atoms with van der Waals surface area (Å²) in [5.41, 5.74) is 0.615. The summed E-state index contributed by atoms with van der Waals surface area (Å²) in [5.74, 6) is 0. The van der Waals surface area contributed by atoms with E-state index in [9.17, 15) is 8.42 Å². The third kappa shape index (κ3) is 1.86. The third-order valence-corrected chi connectivity index (χ3v) is 5.93. The minimum Gasteiger partial charge on any atom is -0.298 e. The summed E-state index contributed by atoms with van der Waals surface area (Å²) in [6, 6.07) is 0.403. The van der Waals surface area contributed by atoms with E-state index >= 15 is 0 Å². The van der Waals surface area contributed by atoms with Crippen LogP contribution in [0.15, 0.2) is 11.1 Å². The summed E-state index contributed by atoms with van der Waals surface area (Å²) >= 11 is 0. The van der Waals surface area contributed by atoms with Crippen LogP contribution in [-0.4, -0.2) is 60.0 Å². The molecule has 1 N–H and O–H groups in total.